The van der Waals surface area contributed by atoms with Gasteiger partial charge in [0, 0.05) is 0 Å². The van der Waals surface area contributed by atoms with Gasteiger partial charge in [0.25, 0.3) is 0 Å². The molecule has 0 bridgehead atoms. The molecule has 0 aliphatic heterocycles. The molecule has 1 heterocycles. The van der Waals surface area contributed by atoms with E-state index in [1.807, 2.05) is 12.2 Å². The Hall–Kier alpha value is -0.987. The zero-order chi connectivity index (χ0) is 19.0. The van der Waals surface area contributed by atoms with Gasteiger partial charge >= 0.3 is 26.2 Å². The van der Waals surface area contributed by atoms with Crippen LogP contribution in [0.25, 0.3) is 27.4 Å². The van der Waals surface area contributed by atoms with Crippen molar-refractivity contribution in [3.05, 3.63) is 94.1 Å². The molecule has 1 aliphatic carbocycles. The standard InChI is InChI=1S/C20H17BrN.C5H5.2ClH.Zr/c1-12-9-15-11-18-19(20(21)17(15)10-12)13(2)14(3)22(18)16-7-5-4-6-8-16;1-2-4-5-3-1;;;/h4-11H,1-3H3;1-3H,4H2;2*1H;/q2*-1;;;+2. The van der Waals surface area contributed by atoms with Crippen molar-refractivity contribution in [1.82, 2.24) is 4.57 Å². The first-order valence-electron chi connectivity index (χ1n) is 9.22. The number of benzene rings is 2. The second kappa shape index (κ2) is 11.6. The summed E-state index contributed by atoms with van der Waals surface area (Å²) >= 11 is 3.85. The number of halogens is 3. The third kappa shape index (κ3) is 5.08. The van der Waals surface area contributed by atoms with E-state index < -0.39 is 0 Å². The molecule has 0 unspecified atom stereocenters. The summed E-state index contributed by atoms with van der Waals surface area (Å²) in [5.41, 5.74) is 6.43. The Morgan fingerprint density at radius 3 is 2.30 bits per heavy atom. The van der Waals surface area contributed by atoms with E-state index in [2.05, 4.69) is 102 Å². The number of aromatic nitrogens is 1. The molecule has 1 aliphatic rings. The van der Waals surface area contributed by atoms with Gasteiger partial charge in [0.2, 0.25) is 0 Å². The van der Waals surface area contributed by atoms with Crippen LogP contribution in [0.5, 0.6) is 0 Å². The second-order valence-corrected chi connectivity index (χ2v) is 7.80. The van der Waals surface area contributed by atoms with Gasteiger partial charge in [-0.3, -0.25) is 6.08 Å². The van der Waals surface area contributed by atoms with Crippen LogP contribution in [0.3, 0.4) is 0 Å². The summed E-state index contributed by atoms with van der Waals surface area (Å²) in [6.07, 6.45) is 10.0. The van der Waals surface area contributed by atoms with Gasteiger partial charge in [-0.1, -0.05) is 94.9 Å². The monoisotopic (exact) mass is 577 g/mol. The number of hydrogen-bond acceptors (Lipinski definition) is 0. The summed E-state index contributed by atoms with van der Waals surface area (Å²) in [6.45, 7) is 6.56. The van der Waals surface area contributed by atoms with Crippen molar-refractivity contribution in [2.45, 2.75) is 27.2 Å². The molecule has 0 saturated heterocycles. The van der Waals surface area contributed by atoms with Crippen LogP contribution in [0.15, 0.2) is 71.2 Å². The fraction of sp³-hybridized carbons (Fsp3) is 0.160. The van der Waals surface area contributed by atoms with E-state index in [0.717, 1.165) is 6.42 Å². The van der Waals surface area contributed by atoms with Gasteiger partial charge in [0.1, 0.15) is 0 Å². The average molecular weight is 581 g/mol. The number of para-hydroxylation sites is 1. The Balaban J connectivity index is 0.000000499. The molecule has 0 amide bonds. The Morgan fingerprint density at radius 2 is 1.73 bits per heavy atom. The van der Waals surface area contributed by atoms with Crippen LogP contribution >= 0.6 is 40.7 Å². The van der Waals surface area contributed by atoms with E-state index in [4.69, 9.17) is 0 Å². The van der Waals surface area contributed by atoms with Gasteiger partial charge in [-0.05, 0) is 33.4 Å². The van der Waals surface area contributed by atoms with Gasteiger partial charge in [-0.15, -0.1) is 36.8 Å². The van der Waals surface area contributed by atoms with Crippen LogP contribution in [0, 0.1) is 26.8 Å². The van der Waals surface area contributed by atoms with Crippen molar-refractivity contribution in [1.29, 1.82) is 0 Å². The van der Waals surface area contributed by atoms with Gasteiger partial charge < -0.3 is 4.57 Å². The van der Waals surface area contributed by atoms with Crippen LogP contribution in [-0.4, -0.2) is 4.57 Å². The Kier molecular flexibility index (Phi) is 10.4. The Morgan fingerprint density at radius 1 is 1.03 bits per heavy atom. The normalized spacial score (nSPS) is 11.5. The molecule has 0 N–H and O–H groups in total. The molecule has 0 fully saturated rings. The number of hydrogen-bond donors (Lipinski definition) is 0. The molecule has 1 nitrogen and oxygen atoms in total. The Labute approximate surface area is 218 Å². The summed E-state index contributed by atoms with van der Waals surface area (Å²) in [4.78, 5) is 0. The van der Waals surface area contributed by atoms with E-state index >= 15 is 0 Å². The molecule has 0 saturated carbocycles. The van der Waals surface area contributed by atoms with E-state index in [1.165, 1.54) is 48.7 Å². The zero-order valence-corrected chi connectivity index (χ0v) is 22.9. The zero-order valence-electron chi connectivity index (χ0n) is 17.2. The topological polar surface area (TPSA) is 4.93 Å². The molecule has 0 spiro atoms. The van der Waals surface area contributed by atoms with Crippen molar-refractivity contribution in [2.75, 3.05) is 0 Å². The SMILES string of the molecule is Cc1cc2cc3c(c(Br)c2c1)c(C)[c-](C)n3-c1ccccc1.Cl.Cl.[C-]1=CC=CC1.[Zr+2]. The van der Waals surface area contributed by atoms with Crippen LogP contribution in [-0.2, 0) is 26.2 Å². The number of fused-ring (bicyclic) bond motifs is 2. The number of nitrogens with zero attached hydrogens (tertiary/aromatic N) is 1. The fourth-order valence-corrected chi connectivity index (χ4v) is 4.61. The van der Waals surface area contributed by atoms with Crippen molar-refractivity contribution in [3.8, 4) is 5.69 Å². The first-order valence-corrected chi connectivity index (χ1v) is 10.0. The predicted octanol–water partition coefficient (Wildman–Crippen LogP) is 8.34. The summed E-state index contributed by atoms with van der Waals surface area (Å²) < 4.78 is 3.57. The molecule has 0 radical (unpaired) electrons. The average Bonchev–Trinajstić information content (AvgIpc) is 3.39. The van der Waals surface area contributed by atoms with Gasteiger partial charge in [0.15, 0.2) is 0 Å². The molecular formula is C25H24BrCl2NZr. The number of rotatable bonds is 1. The van der Waals surface area contributed by atoms with E-state index in [0.29, 0.717) is 0 Å². The van der Waals surface area contributed by atoms with Crippen LogP contribution in [0.2, 0.25) is 0 Å². The molecular weight excluding hydrogens is 556 g/mol. The van der Waals surface area contributed by atoms with Gasteiger partial charge in [-0.25, -0.2) is 12.2 Å². The molecule has 0 atom stereocenters. The second-order valence-electron chi connectivity index (χ2n) is 7.00. The Bertz CT molecular complexity index is 1180. The minimum atomic E-state index is 0. The fourth-order valence-electron chi connectivity index (χ4n) is 3.76. The number of allylic oxidation sites excluding steroid dienone is 4. The summed E-state index contributed by atoms with van der Waals surface area (Å²) in [5, 5.41) is 3.92. The molecule has 154 valence electrons. The summed E-state index contributed by atoms with van der Waals surface area (Å²) in [7, 11) is 0. The van der Waals surface area contributed by atoms with Crippen molar-refractivity contribution in [3.63, 3.8) is 0 Å². The van der Waals surface area contributed by atoms with Crippen molar-refractivity contribution < 1.29 is 26.2 Å². The maximum absolute atomic E-state index is 3.85. The van der Waals surface area contributed by atoms with Crippen LogP contribution in [0.1, 0.15) is 23.2 Å². The van der Waals surface area contributed by atoms with Gasteiger partial charge in [-0.2, -0.15) is 6.08 Å². The summed E-state index contributed by atoms with van der Waals surface area (Å²) in [5.74, 6) is 0. The minimum absolute atomic E-state index is 0. The summed E-state index contributed by atoms with van der Waals surface area (Å²) in [6, 6.07) is 17.4. The largest absolute Gasteiger partial charge is 2.00 e. The molecule has 30 heavy (non-hydrogen) atoms. The molecule has 1 aromatic heterocycles. The first kappa shape index (κ1) is 27.0. The quantitative estimate of drug-likeness (QED) is 0.200. The van der Waals surface area contributed by atoms with Gasteiger partial charge in [0.05, 0.1) is 0 Å². The third-order valence-corrected chi connectivity index (χ3v) is 5.99. The van der Waals surface area contributed by atoms with E-state index in [-0.39, 0.29) is 51.0 Å². The van der Waals surface area contributed by atoms with Crippen molar-refractivity contribution in [2.24, 2.45) is 0 Å². The molecule has 4 aromatic rings. The van der Waals surface area contributed by atoms with Crippen molar-refractivity contribution >= 4 is 62.4 Å². The molecule has 3 aromatic carbocycles. The predicted molar refractivity (Wildman–Crippen MR) is 134 cm³/mol. The molecule has 5 rings (SSSR count). The minimum Gasteiger partial charge on any atom is -0.441 e. The van der Waals surface area contributed by atoms with Crippen LogP contribution in [0.4, 0.5) is 0 Å². The van der Waals surface area contributed by atoms with Crippen LogP contribution < -0.4 is 0 Å². The maximum atomic E-state index is 3.85. The van der Waals surface area contributed by atoms with E-state index in [1.54, 1.807) is 0 Å². The third-order valence-electron chi connectivity index (χ3n) is 5.16. The first-order chi connectivity index (χ1) is 13.1. The number of aryl methyl sites for hydroxylation is 2. The maximum Gasteiger partial charge on any atom is 2.00 e. The van der Waals surface area contributed by atoms with E-state index in [9.17, 15) is 0 Å². The molecule has 5 heteroatoms. The smallest absolute Gasteiger partial charge is 0.441 e.